The number of rotatable bonds is 6. The van der Waals surface area contributed by atoms with Crippen LogP contribution in [0.2, 0.25) is 0 Å². The fourth-order valence-electron chi connectivity index (χ4n) is 3.38. The van der Waals surface area contributed by atoms with Crippen LogP contribution in [-0.2, 0) is 0 Å². The molecule has 118 valence electrons. The van der Waals surface area contributed by atoms with Crippen LogP contribution in [0.5, 0.6) is 0 Å². The average Bonchev–Trinajstić information content (AvgIpc) is 2.52. The van der Waals surface area contributed by atoms with Crippen LogP contribution in [0, 0.1) is 5.92 Å². The Bertz CT molecular complexity index is 429. The van der Waals surface area contributed by atoms with Crippen LogP contribution in [0.4, 0.5) is 0 Å². The van der Waals surface area contributed by atoms with Gasteiger partial charge in [-0.25, -0.2) is 0 Å². The zero-order chi connectivity index (χ0) is 15.2. The Labute approximate surface area is 137 Å². The van der Waals surface area contributed by atoms with Gasteiger partial charge in [-0.1, -0.05) is 41.4 Å². The van der Waals surface area contributed by atoms with Gasteiger partial charge in [0, 0.05) is 17.1 Å². The van der Waals surface area contributed by atoms with Gasteiger partial charge in [-0.2, -0.15) is 0 Å². The second kappa shape index (κ2) is 8.30. The first-order valence-electron chi connectivity index (χ1n) is 8.24. The van der Waals surface area contributed by atoms with E-state index in [1.54, 1.807) is 0 Å². The van der Waals surface area contributed by atoms with E-state index < -0.39 is 0 Å². The lowest BCUT2D eigenvalue weighted by atomic mass is 9.84. The van der Waals surface area contributed by atoms with Gasteiger partial charge in [0.2, 0.25) is 0 Å². The lowest BCUT2D eigenvalue weighted by Gasteiger charge is -2.34. The summed E-state index contributed by atoms with van der Waals surface area (Å²) in [5.41, 5.74) is 1.01. The van der Waals surface area contributed by atoms with Crippen molar-refractivity contribution in [2.45, 2.75) is 57.6 Å². The van der Waals surface area contributed by atoms with Crippen LogP contribution in [0.3, 0.4) is 0 Å². The quantitative estimate of drug-likeness (QED) is 0.795. The summed E-state index contributed by atoms with van der Waals surface area (Å²) < 4.78 is 1.03. The van der Waals surface area contributed by atoms with Gasteiger partial charge in [0.1, 0.15) is 0 Å². The SMILES string of the molecule is CCC1CCC(N(C)CCC(O)c2cccc(Br)c2)CC1. The number of hydrogen-bond acceptors (Lipinski definition) is 2. The number of nitrogens with zero attached hydrogens (tertiary/aromatic N) is 1. The van der Waals surface area contributed by atoms with E-state index in [0.717, 1.165) is 28.9 Å². The molecule has 0 aliphatic heterocycles. The Morgan fingerprint density at radius 2 is 2.00 bits per heavy atom. The number of aliphatic hydroxyl groups excluding tert-OH is 1. The summed E-state index contributed by atoms with van der Waals surface area (Å²) in [6.07, 6.45) is 7.17. The molecule has 1 aromatic carbocycles. The van der Waals surface area contributed by atoms with Gasteiger partial charge in [0.15, 0.2) is 0 Å². The van der Waals surface area contributed by atoms with Crippen LogP contribution >= 0.6 is 15.9 Å². The van der Waals surface area contributed by atoms with Crippen molar-refractivity contribution in [2.24, 2.45) is 5.92 Å². The summed E-state index contributed by atoms with van der Waals surface area (Å²) >= 11 is 3.46. The minimum absolute atomic E-state index is 0.364. The third-order valence-corrected chi connectivity index (χ3v) is 5.50. The van der Waals surface area contributed by atoms with Gasteiger partial charge < -0.3 is 10.0 Å². The molecule has 0 radical (unpaired) electrons. The first kappa shape index (κ1) is 17.0. The zero-order valence-corrected chi connectivity index (χ0v) is 14.8. The van der Waals surface area contributed by atoms with Gasteiger partial charge in [-0.3, -0.25) is 0 Å². The highest BCUT2D eigenvalue weighted by atomic mass is 79.9. The summed E-state index contributed by atoms with van der Waals surface area (Å²) in [6.45, 7) is 3.28. The topological polar surface area (TPSA) is 23.5 Å². The summed E-state index contributed by atoms with van der Waals surface area (Å²) in [4.78, 5) is 2.45. The van der Waals surface area contributed by atoms with Crippen LogP contribution < -0.4 is 0 Å². The molecular weight excluding hydrogens is 326 g/mol. The van der Waals surface area contributed by atoms with E-state index in [-0.39, 0.29) is 6.10 Å². The van der Waals surface area contributed by atoms with Crippen molar-refractivity contribution >= 4 is 15.9 Å². The van der Waals surface area contributed by atoms with Gasteiger partial charge in [0.05, 0.1) is 6.10 Å². The summed E-state index contributed by atoms with van der Waals surface area (Å²) in [7, 11) is 2.21. The molecule has 1 fully saturated rings. The van der Waals surface area contributed by atoms with Crippen molar-refractivity contribution in [2.75, 3.05) is 13.6 Å². The van der Waals surface area contributed by atoms with Gasteiger partial charge >= 0.3 is 0 Å². The van der Waals surface area contributed by atoms with E-state index in [4.69, 9.17) is 0 Å². The second-order valence-corrected chi connectivity index (χ2v) is 7.34. The maximum atomic E-state index is 10.3. The van der Waals surface area contributed by atoms with Crippen LogP contribution in [0.1, 0.15) is 57.1 Å². The number of hydrogen-bond donors (Lipinski definition) is 1. The average molecular weight is 354 g/mol. The molecule has 3 heteroatoms. The molecule has 1 saturated carbocycles. The molecule has 1 atom stereocenters. The van der Waals surface area contributed by atoms with Crippen molar-refractivity contribution < 1.29 is 5.11 Å². The Morgan fingerprint density at radius 3 is 2.62 bits per heavy atom. The minimum atomic E-state index is -0.364. The van der Waals surface area contributed by atoms with Gasteiger partial charge in [-0.05, 0) is 62.8 Å². The molecule has 0 heterocycles. The summed E-state index contributed by atoms with van der Waals surface area (Å²) in [5, 5.41) is 10.3. The highest BCUT2D eigenvalue weighted by Gasteiger charge is 2.23. The van der Waals surface area contributed by atoms with E-state index in [9.17, 15) is 5.11 Å². The standard InChI is InChI=1S/C18H28BrNO/c1-3-14-7-9-17(10-8-14)20(2)12-11-18(21)15-5-4-6-16(19)13-15/h4-6,13-14,17-18,21H,3,7-12H2,1-2H3. The predicted octanol–water partition coefficient (Wildman–Crippen LogP) is 4.77. The molecule has 1 N–H and O–H groups in total. The number of halogens is 1. The van der Waals surface area contributed by atoms with Crippen LogP contribution in [-0.4, -0.2) is 29.6 Å². The number of benzene rings is 1. The predicted molar refractivity (Wildman–Crippen MR) is 92.4 cm³/mol. The third kappa shape index (κ3) is 5.08. The normalized spacial score (nSPS) is 24.2. The maximum Gasteiger partial charge on any atom is 0.0802 e. The van der Waals surface area contributed by atoms with E-state index in [2.05, 4.69) is 34.8 Å². The first-order chi connectivity index (χ1) is 10.1. The van der Waals surface area contributed by atoms with Crippen molar-refractivity contribution in [3.63, 3.8) is 0 Å². The monoisotopic (exact) mass is 353 g/mol. The molecule has 21 heavy (non-hydrogen) atoms. The highest BCUT2D eigenvalue weighted by Crippen LogP contribution is 2.29. The van der Waals surface area contributed by atoms with Crippen LogP contribution in [0.25, 0.3) is 0 Å². The molecule has 0 aromatic heterocycles. The highest BCUT2D eigenvalue weighted by molar-refractivity contribution is 9.10. The van der Waals surface area contributed by atoms with E-state index in [1.165, 1.54) is 32.1 Å². The fraction of sp³-hybridized carbons (Fsp3) is 0.667. The zero-order valence-electron chi connectivity index (χ0n) is 13.3. The van der Waals surface area contributed by atoms with Crippen molar-refractivity contribution in [1.82, 2.24) is 4.90 Å². The van der Waals surface area contributed by atoms with E-state index in [0.29, 0.717) is 6.04 Å². The Hall–Kier alpha value is -0.380. The molecule has 1 aromatic rings. The molecular formula is C18H28BrNO. The lowest BCUT2D eigenvalue weighted by molar-refractivity contribution is 0.117. The second-order valence-electron chi connectivity index (χ2n) is 6.42. The first-order valence-corrected chi connectivity index (χ1v) is 9.03. The fourth-order valence-corrected chi connectivity index (χ4v) is 3.80. The molecule has 1 aliphatic carbocycles. The van der Waals surface area contributed by atoms with Crippen LogP contribution in [0.15, 0.2) is 28.7 Å². The van der Waals surface area contributed by atoms with E-state index in [1.807, 2.05) is 24.3 Å². The Morgan fingerprint density at radius 1 is 1.29 bits per heavy atom. The molecule has 0 amide bonds. The molecule has 1 aliphatic rings. The minimum Gasteiger partial charge on any atom is -0.388 e. The molecule has 0 bridgehead atoms. The number of aliphatic hydroxyl groups is 1. The van der Waals surface area contributed by atoms with Crippen molar-refractivity contribution in [1.29, 1.82) is 0 Å². The van der Waals surface area contributed by atoms with Gasteiger partial charge in [-0.15, -0.1) is 0 Å². The Balaban J connectivity index is 1.77. The summed E-state index contributed by atoms with van der Waals surface area (Å²) in [6, 6.07) is 8.70. The maximum absolute atomic E-state index is 10.3. The summed E-state index contributed by atoms with van der Waals surface area (Å²) in [5.74, 6) is 0.946. The van der Waals surface area contributed by atoms with Crippen molar-refractivity contribution in [3.8, 4) is 0 Å². The lowest BCUT2D eigenvalue weighted by Crippen LogP contribution is -2.36. The largest absolute Gasteiger partial charge is 0.388 e. The third-order valence-electron chi connectivity index (χ3n) is 5.01. The van der Waals surface area contributed by atoms with Gasteiger partial charge in [0.25, 0.3) is 0 Å². The molecule has 1 unspecified atom stereocenters. The molecule has 2 nitrogen and oxygen atoms in total. The molecule has 0 saturated heterocycles. The van der Waals surface area contributed by atoms with E-state index >= 15 is 0 Å². The Kier molecular flexibility index (Phi) is 6.72. The molecule has 0 spiro atoms. The smallest absolute Gasteiger partial charge is 0.0802 e. The molecule has 2 rings (SSSR count). The van der Waals surface area contributed by atoms with Crippen molar-refractivity contribution in [3.05, 3.63) is 34.3 Å².